The fourth-order valence-corrected chi connectivity index (χ4v) is 3.42. The topological polar surface area (TPSA) is 55.8 Å². The number of hydrogen-bond acceptors (Lipinski definition) is 4. The highest BCUT2D eigenvalue weighted by Gasteiger charge is 2.33. The summed E-state index contributed by atoms with van der Waals surface area (Å²) in [5, 5.41) is 0. The highest BCUT2D eigenvalue weighted by Crippen LogP contribution is 2.39. The molecule has 0 bridgehead atoms. The molecule has 0 saturated heterocycles. The Morgan fingerprint density at radius 3 is 2.38 bits per heavy atom. The lowest BCUT2D eigenvalue weighted by Gasteiger charge is -2.37. The Labute approximate surface area is 169 Å². The van der Waals surface area contributed by atoms with Gasteiger partial charge in [-0.15, -0.1) is 0 Å². The number of benzene rings is 3. The smallest absolute Gasteiger partial charge is 0.265 e. The minimum Gasteiger partial charge on any atom is -0.489 e. The number of fused-ring (bicyclic) bond motifs is 1. The minimum atomic E-state index is -0.234. The zero-order valence-electron chi connectivity index (χ0n) is 16.1. The van der Waals surface area contributed by atoms with E-state index in [4.69, 9.17) is 9.47 Å². The lowest BCUT2D eigenvalue weighted by atomic mass is 10.0. The molecule has 3 aromatic carbocycles. The molecule has 1 amide bonds. The summed E-state index contributed by atoms with van der Waals surface area (Å²) in [5.41, 5.74) is 2.34. The molecule has 0 radical (unpaired) electrons. The number of ketones is 1. The summed E-state index contributed by atoms with van der Waals surface area (Å²) in [6, 6.07) is 23.9. The van der Waals surface area contributed by atoms with Crippen molar-refractivity contribution in [2.45, 2.75) is 13.0 Å². The summed E-state index contributed by atoms with van der Waals surface area (Å²) in [5.74, 6) is 1.05. The Balaban J connectivity index is 1.57. The lowest BCUT2D eigenvalue weighted by molar-refractivity contribution is -0.121. The second kappa shape index (κ2) is 8.19. The van der Waals surface area contributed by atoms with Crippen LogP contribution < -0.4 is 14.4 Å². The van der Waals surface area contributed by atoms with Gasteiger partial charge in [-0.2, -0.15) is 0 Å². The van der Waals surface area contributed by atoms with E-state index in [-0.39, 0.29) is 24.3 Å². The number of rotatable bonds is 5. The van der Waals surface area contributed by atoms with Crippen molar-refractivity contribution >= 4 is 17.4 Å². The molecular weight excluding hydrogens is 366 g/mol. The Morgan fingerprint density at radius 1 is 0.966 bits per heavy atom. The predicted molar refractivity (Wildman–Crippen MR) is 111 cm³/mol. The number of Topliss-reactive ketones (excluding diaryl/α,β-unsaturated/α-hetero) is 1. The largest absolute Gasteiger partial charge is 0.489 e. The summed E-state index contributed by atoms with van der Waals surface area (Å²) >= 11 is 0. The number of carbonyl (C=O) groups excluding carboxylic acids is 2. The van der Waals surface area contributed by atoms with Gasteiger partial charge in [-0.25, -0.2) is 0 Å². The van der Waals surface area contributed by atoms with Crippen LogP contribution in [0.1, 0.15) is 28.9 Å². The van der Waals surface area contributed by atoms with E-state index in [2.05, 4.69) is 0 Å². The maximum atomic E-state index is 13.2. The van der Waals surface area contributed by atoms with E-state index in [1.165, 1.54) is 6.92 Å². The molecule has 0 N–H and O–H groups in total. The first kappa shape index (κ1) is 18.7. The summed E-state index contributed by atoms with van der Waals surface area (Å²) in [6.07, 6.45) is 0. The first-order valence-electron chi connectivity index (χ1n) is 9.46. The first-order valence-corrected chi connectivity index (χ1v) is 9.46. The second-order valence-corrected chi connectivity index (χ2v) is 6.84. The number of anilines is 1. The maximum Gasteiger partial charge on any atom is 0.265 e. The van der Waals surface area contributed by atoms with Crippen molar-refractivity contribution < 1.29 is 19.1 Å². The third-order valence-corrected chi connectivity index (χ3v) is 4.91. The standard InChI is InChI=1S/C24H21NO4/c1-17(26)18-11-13-20(14-12-18)28-16-24(27)25-21-9-5-6-10-23(21)29-15-22(25)19-7-3-2-4-8-19/h2-14,22H,15-16H2,1H3/t22-/m0/s1. The Kier molecular flexibility index (Phi) is 5.29. The molecule has 29 heavy (non-hydrogen) atoms. The summed E-state index contributed by atoms with van der Waals surface area (Å²) < 4.78 is 11.6. The van der Waals surface area contributed by atoms with Crippen LogP contribution in [0.25, 0.3) is 0 Å². The molecular formula is C24H21NO4. The van der Waals surface area contributed by atoms with E-state index in [0.717, 1.165) is 11.3 Å². The van der Waals surface area contributed by atoms with Crippen LogP contribution in [0, 0.1) is 0 Å². The van der Waals surface area contributed by atoms with E-state index in [1.807, 2.05) is 54.6 Å². The maximum absolute atomic E-state index is 13.2. The molecule has 0 unspecified atom stereocenters. The van der Waals surface area contributed by atoms with Gasteiger partial charge < -0.3 is 9.47 Å². The number of amides is 1. The zero-order chi connectivity index (χ0) is 20.2. The molecule has 1 aliphatic rings. The molecule has 1 heterocycles. The quantitative estimate of drug-likeness (QED) is 0.608. The molecule has 146 valence electrons. The lowest BCUT2D eigenvalue weighted by Crippen LogP contribution is -2.43. The van der Waals surface area contributed by atoms with Crippen LogP contribution in [0.3, 0.4) is 0 Å². The van der Waals surface area contributed by atoms with Gasteiger partial charge in [-0.1, -0.05) is 42.5 Å². The van der Waals surface area contributed by atoms with Crippen molar-refractivity contribution in [2.24, 2.45) is 0 Å². The van der Waals surface area contributed by atoms with Crippen molar-refractivity contribution in [3.05, 3.63) is 90.0 Å². The molecule has 5 nitrogen and oxygen atoms in total. The van der Waals surface area contributed by atoms with Crippen LogP contribution in [0.5, 0.6) is 11.5 Å². The summed E-state index contributed by atoms with van der Waals surface area (Å²) in [7, 11) is 0. The van der Waals surface area contributed by atoms with Crippen molar-refractivity contribution in [3.8, 4) is 11.5 Å². The number of carbonyl (C=O) groups is 2. The fraction of sp³-hybridized carbons (Fsp3) is 0.167. The predicted octanol–water partition coefficient (Wildman–Crippen LogP) is 4.43. The second-order valence-electron chi connectivity index (χ2n) is 6.84. The van der Waals surface area contributed by atoms with Crippen molar-refractivity contribution in [3.63, 3.8) is 0 Å². The van der Waals surface area contributed by atoms with E-state index in [0.29, 0.717) is 23.7 Å². The highest BCUT2D eigenvalue weighted by atomic mass is 16.5. The third kappa shape index (κ3) is 3.99. The van der Waals surface area contributed by atoms with Gasteiger partial charge in [0, 0.05) is 5.56 Å². The summed E-state index contributed by atoms with van der Waals surface area (Å²) in [4.78, 5) is 26.3. The van der Waals surface area contributed by atoms with Gasteiger partial charge in [0.25, 0.3) is 5.91 Å². The minimum absolute atomic E-state index is 0.0109. The Morgan fingerprint density at radius 2 is 1.66 bits per heavy atom. The average molecular weight is 387 g/mol. The fourth-order valence-electron chi connectivity index (χ4n) is 3.42. The normalized spacial score (nSPS) is 15.2. The molecule has 1 atom stereocenters. The number of nitrogens with zero attached hydrogens (tertiary/aromatic N) is 1. The van der Waals surface area contributed by atoms with Gasteiger partial charge in [0.2, 0.25) is 0 Å². The number of para-hydroxylation sites is 2. The van der Waals surface area contributed by atoms with Crippen LogP contribution >= 0.6 is 0 Å². The molecule has 1 aliphatic heterocycles. The molecule has 0 spiro atoms. The molecule has 3 aromatic rings. The van der Waals surface area contributed by atoms with Crippen LogP contribution in [-0.4, -0.2) is 24.9 Å². The van der Waals surface area contributed by atoms with Crippen molar-refractivity contribution in [1.29, 1.82) is 0 Å². The zero-order valence-corrected chi connectivity index (χ0v) is 16.1. The molecule has 5 heteroatoms. The van der Waals surface area contributed by atoms with Gasteiger partial charge >= 0.3 is 0 Å². The number of hydrogen-bond donors (Lipinski definition) is 0. The Bertz CT molecular complexity index is 1010. The van der Waals surface area contributed by atoms with Crippen LogP contribution in [0.4, 0.5) is 5.69 Å². The van der Waals surface area contributed by atoms with E-state index >= 15 is 0 Å². The third-order valence-electron chi connectivity index (χ3n) is 4.91. The average Bonchev–Trinajstić information content (AvgIpc) is 2.77. The number of ether oxygens (including phenoxy) is 2. The van der Waals surface area contributed by atoms with E-state index in [9.17, 15) is 9.59 Å². The van der Waals surface area contributed by atoms with Crippen LogP contribution in [-0.2, 0) is 4.79 Å². The van der Waals surface area contributed by atoms with E-state index in [1.54, 1.807) is 29.2 Å². The van der Waals surface area contributed by atoms with Gasteiger partial charge in [-0.3, -0.25) is 14.5 Å². The van der Waals surface area contributed by atoms with Crippen LogP contribution in [0.2, 0.25) is 0 Å². The molecule has 0 aliphatic carbocycles. The van der Waals surface area contributed by atoms with Crippen molar-refractivity contribution in [1.82, 2.24) is 0 Å². The Hall–Kier alpha value is -3.60. The van der Waals surface area contributed by atoms with Gasteiger partial charge in [0.15, 0.2) is 12.4 Å². The van der Waals surface area contributed by atoms with Crippen LogP contribution in [0.15, 0.2) is 78.9 Å². The van der Waals surface area contributed by atoms with Crippen molar-refractivity contribution in [2.75, 3.05) is 18.1 Å². The van der Waals surface area contributed by atoms with E-state index < -0.39 is 0 Å². The molecule has 4 rings (SSSR count). The van der Waals surface area contributed by atoms with Gasteiger partial charge in [-0.05, 0) is 48.9 Å². The van der Waals surface area contributed by atoms with Gasteiger partial charge in [0.05, 0.1) is 11.7 Å². The molecule has 0 saturated carbocycles. The van der Waals surface area contributed by atoms with Gasteiger partial charge in [0.1, 0.15) is 18.1 Å². The SMILES string of the molecule is CC(=O)c1ccc(OCC(=O)N2c3ccccc3OC[C@H]2c2ccccc2)cc1. The molecule has 0 aromatic heterocycles. The summed E-state index contributed by atoms with van der Waals surface area (Å²) in [6.45, 7) is 1.77. The monoisotopic (exact) mass is 387 g/mol. The molecule has 0 fully saturated rings. The first-order chi connectivity index (χ1) is 14.1. The highest BCUT2D eigenvalue weighted by molar-refractivity contribution is 5.97.